The number of allylic oxidation sites excluding steroid dienone is 2. The summed E-state index contributed by atoms with van der Waals surface area (Å²) in [6.45, 7) is 7.63. The van der Waals surface area contributed by atoms with Gasteiger partial charge in [0, 0.05) is 42.0 Å². The Morgan fingerprint density at radius 3 is 2.65 bits per heavy atom. The summed E-state index contributed by atoms with van der Waals surface area (Å²) in [4.78, 5) is 12.6. The fraction of sp³-hybridized carbons (Fsp3) is 0.0385. The molecule has 8 heteroatoms. The summed E-state index contributed by atoms with van der Waals surface area (Å²) in [5.74, 6) is 7.08. The van der Waals surface area contributed by atoms with Gasteiger partial charge in [0.1, 0.15) is 5.02 Å². The van der Waals surface area contributed by atoms with E-state index in [0.717, 1.165) is 16.8 Å². The number of nitrogens with one attached hydrogen (secondary N) is 3. The maximum Gasteiger partial charge on any atom is 0.229 e. The van der Waals surface area contributed by atoms with Gasteiger partial charge >= 0.3 is 0 Å². The number of hydrogen-bond acceptors (Lipinski definition) is 7. The van der Waals surface area contributed by atoms with Crippen molar-refractivity contribution in [1.29, 1.82) is 0 Å². The van der Waals surface area contributed by atoms with E-state index in [9.17, 15) is 0 Å². The molecule has 2 aromatic carbocycles. The number of halogens is 1. The first-order chi connectivity index (χ1) is 16.5. The summed E-state index contributed by atoms with van der Waals surface area (Å²) < 4.78 is 0. The molecule has 3 aromatic rings. The van der Waals surface area contributed by atoms with Crippen molar-refractivity contribution < 1.29 is 0 Å². The zero-order valence-corrected chi connectivity index (χ0v) is 19.4. The number of nitrogens with zero attached hydrogens (tertiary/aromatic N) is 3. The van der Waals surface area contributed by atoms with E-state index in [1.807, 2.05) is 48.5 Å². The molecule has 1 heterocycles. The first-order valence-corrected chi connectivity index (χ1v) is 10.6. The van der Waals surface area contributed by atoms with E-state index in [2.05, 4.69) is 55.9 Å². The lowest BCUT2D eigenvalue weighted by molar-refractivity contribution is 1.15. The average molecular weight is 470 g/mol. The highest BCUT2D eigenvalue weighted by molar-refractivity contribution is 6.33. The third-order valence-electron chi connectivity index (χ3n) is 4.39. The maximum absolute atomic E-state index is 6.39. The predicted octanol–water partition coefficient (Wildman–Crippen LogP) is 5.30. The van der Waals surface area contributed by atoms with Gasteiger partial charge in [-0.1, -0.05) is 54.8 Å². The van der Waals surface area contributed by atoms with Crippen LogP contribution in [0.1, 0.15) is 11.1 Å². The smallest absolute Gasteiger partial charge is 0.229 e. The van der Waals surface area contributed by atoms with Gasteiger partial charge in [0.05, 0.1) is 17.6 Å². The average Bonchev–Trinajstić information content (AvgIpc) is 2.85. The molecular weight excluding hydrogens is 446 g/mol. The van der Waals surface area contributed by atoms with Crippen LogP contribution in [0.3, 0.4) is 0 Å². The van der Waals surface area contributed by atoms with E-state index in [0.29, 0.717) is 33.9 Å². The molecule has 0 aliphatic rings. The zero-order valence-electron chi connectivity index (χ0n) is 18.6. The van der Waals surface area contributed by atoms with Crippen molar-refractivity contribution in [3.05, 3.63) is 108 Å². The van der Waals surface area contributed by atoms with Gasteiger partial charge in [-0.05, 0) is 36.4 Å². The molecule has 0 saturated heterocycles. The molecule has 0 fully saturated rings. The Hall–Kier alpha value is -4.54. The molecule has 1 aromatic heterocycles. The van der Waals surface area contributed by atoms with E-state index in [-0.39, 0.29) is 0 Å². The van der Waals surface area contributed by atoms with Gasteiger partial charge in [-0.25, -0.2) is 4.98 Å². The molecule has 0 radical (unpaired) electrons. The Balaban J connectivity index is 1.98. The normalized spacial score (nSPS) is 10.8. The van der Waals surface area contributed by atoms with Crippen LogP contribution in [-0.2, 0) is 0 Å². The molecular formula is C26H24ClN7. The van der Waals surface area contributed by atoms with Crippen LogP contribution >= 0.6 is 11.6 Å². The van der Waals surface area contributed by atoms with E-state index in [4.69, 9.17) is 17.3 Å². The van der Waals surface area contributed by atoms with Crippen molar-refractivity contribution in [3.63, 3.8) is 0 Å². The zero-order chi connectivity index (χ0) is 24.3. The summed E-state index contributed by atoms with van der Waals surface area (Å²) in [6.07, 6.45) is 6.06. The van der Waals surface area contributed by atoms with Gasteiger partial charge < -0.3 is 21.7 Å². The third-order valence-corrected chi connectivity index (χ3v) is 4.66. The quantitative estimate of drug-likeness (QED) is 0.203. The van der Waals surface area contributed by atoms with Crippen LogP contribution in [0.25, 0.3) is 0 Å². The van der Waals surface area contributed by atoms with Gasteiger partial charge in [0.25, 0.3) is 0 Å². The van der Waals surface area contributed by atoms with Crippen LogP contribution < -0.4 is 21.7 Å². The number of benzene rings is 2. The van der Waals surface area contributed by atoms with Crippen molar-refractivity contribution in [1.82, 2.24) is 9.97 Å². The van der Waals surface area contributed by atoms with E-state index in [1.54, 1.807) is 19.3 Å². The van der Waals surface area contributed by atoms with Crippen LogP contribution in [-0.4, -0.2) is 23.2 Å². The molecule has 34 heavy (non-hydrogen) atoms. The van der Waals surface area contributed by atoms with Gasteiger partial charge in [-0.2, -0.15) is 4.98 Å². The fourth-order valence-corrected chi connectivity index (χ4v) is 2.90. The van der Waals surface area contributed by atoms with Crippen LogP contribution in [0.2, 0.25) is 5.02 Å². The molecule has 5 N–H and O–H groups in total. The maximum atomic E-state index is 6.39. The van der Waals surface area contributed by atoms with Crippen molar-refractivity contribution in [2.24, 2.45) is 10.7 Å². The van der Waals surface area contributed by atoms with Gasteiger partial charge in [-0.15, -0.1) is 0 Å². The minimum absolute atomic E-state index is 0.301. The molecule has 0 aliphatic heterocycles. The summed E-state index contributed by atoms with van der Waals surface area (Å²) in [7, 11) is 1.64. The highest BCUT2D eigenvalue weighted by atomic mass is 35.5. The number of nitrogens with two attached hydrogens (primary N) is 1. The number of aliphatic imine (C=N–C) groups is 1. The molecule has 7 nitrogen and oxygen atoms in total. The molecule has 0 bridgehead atoms. The minimum Gasteiger partial charge on any atom is -0.403 e. The highest BCUT2D eigenvalue weighted by Gasteiger charge is 2.10. The van der Waals surface area contributed by atoms with Crippen LogP contribution in [0.15, 0.2) is 96.5 Å². The van der Waals surface area contributed by atoms with E-state index in [1.165, 1.54) is 12.4 Å². The van der Waals surface area contributed by atoms with E-state index < -0.39 is 0 Å². The van der Waals surface area contributed by atoms with Crippen molar-refractivity contribution in [2.75, 3.05) is 23.0 Å². The summed E-state index contributed by atoms with van der Waals surface area (Å²) in [6, 6.07) is 15.4. The largest absolute Gasteiger partial charge is 0.403 e. The second kappa shape index (κ2) is 11.9. The lowest BCUT2D eigenvalue weighted by atomic mass is 10.1. The van der Waals surface area contributed by atoms with Gasteiger partial charge in [-0.3, -0.25) is 4.99 Å². The molecule has 0 atom stereocenters. The molecule has 0 aliphatic carbocycles. The Bertz CT molecular complexity index is 1300. The fourth-order valence-electron chi connectivity index (χ4n) is 2.76. The molecule has 0 amide bonds. The van der Waals surface area contributed by atoms with Crippen LogP contribution in [0.5, 0.6) is 0 Å². The number of anilines is 4. The van der Waals surface area contributed by atoms with Gasteiger partial charge in [0.15, 0.2) is 5.82 Å². The second-order valence-electron chi connectivity index (χ2n) is 6.88. The highest BCUT2D eigenvalue weighted by Crippen LogP contribution is 2.28. The number of aromatic nitrogens is 2. The molecule has 0 unspecified atom stereocenters. The topological polar surface area (TPSA) is 100 Å². The Kier molecular flexibility index (Phi) is 8.44. The standard InChI is InChI=1S/C26H24ClN7/c1-4-18(2)31-21-13-12-20(11-10-19-8-6-5-7-9-19)24(14-21)33-25-23(27)17-30-26(34-25)32-22(15-28)16-29-3/h4-9,12-17,31H,1-2,28H2,3H3,(H2,30,32,33,34)/b22-15+,29-16?. The van der Waals surface area contributed by atoms with Crippen LogP contribution in [0, 0.1) is 11.8 Å². The third kappa shape index (κ3) is 6.73. The summed E-state index contributed by atoms with van der Waals surface area (Å²) >= 11 is 6.39. The number of rotatable bonds is 8. The lowest BCUT2D eigenvalue weighted by Crippen LogP contribution is -2.08. The van der Waals surface area contributed by atoms with Crippen molar-refractivity contribution in [3.8, 4) is 11.8 Å². The van der Waals surface area contributed by atoms with Crippen molar-refractivity contribution >= 4 is 41.0 Å². The first kappa shape index (κ1) is 24.1. The molecule has 0 spiro atoms. The SMILES string of the molecule is C=CC(=C)Nc1ccc(C#Cc2ccccc2)c(Nc2nc(N/C(C=NC)=C/N)ncc2Cl)c1. The predicted molar refractivity (Wildman–Crippen MR) is 142 cm³/mol. The monoisotopic (exact) mass is 469 g/mol. The summed E-state index contributed by atoms with van der Waals surface area (Å²) in [5.41, 5.74) is 9.98. The lowest BCUT2D eigenvalue weighted by Gasteiger charge is -2.14. The first-order valence-electron chi connectivity index (χ1n) is 10.2. The van der Waals surface area contributed by atoms with Crippen molar-refractivity contribution in [2.45, 2.75) is 0 Å². The summed E-state index contributed by atoms with van der Waals surface area (Å²) in [5, 5.41) is 9.77. The van der Waals surface area contributed by atoms with Gasteiger partial charge in [0.2, 0.25) is 5.95 Å². The molecule has 0 saturated carbocycles. The Morgan fingerprint density at radius 2 is 1.94 bits per heavy atom. The molecule has 3 rings (SSSR count). The number of hydrogen-bond donors (Lipinski definition) is 4. The molecule has 170 valence electrons. The minimum atomic E-state index is 0.301. The Morgan fingerprint density at radius 1 is 1.15 bits per heavy atom. The second-order valence-corrected chi connectivity index (χ2v) is 7.29. The van der Waals surface area contributed by atoms with E-state index >= 15 is 0 Å². The Labute approximate surface area is 204 Å². The van der Waals surface area contributed by atoms with Crippen LogP contribution in [0.4, 0.5) is 23.1 Å².